The number of rotatable bonds is 1. The average Bonchev–Trinajstić information content (AvgIpc) is 2.24. The molecule has 4 nitrogen and oxygen atoms in total. The lowest BCUT2D eigenvalue weighted by Gasteiger charge is -2.43. The highest BCUT2D eigenvalue weighted by Gasteiger charge is 2.38. The van der Waals surface area contributed by atoms with Gasteiger partial charge in [0.1, 0.15) is 5.60 Å². The van der Waals surface area contributed by atoms with E-state index in [0.717, 1.165) is 25.8 Å². The molecule has 0 aromatic rings. The molecular weight excluding hydrogens is 240 g/mol. The number of piperidine rings is 1. The summed E-state index contributed by atoms with van der Waals surface area (Å²) >= 11 is 0. The highest BCUT2D eigenvalue weighted by Crippen LogP contribution is 2.29. The van der Waals surface area contributed by atoms with Crippen molar-refractivity contribution in [3.05, 3.63) is 0 Å². The predicted molar refractivity (Wildman–Crippen MR) is 78.0 cm³/mol. The van der Waals surface area contributed by atoms with Crippen LogP contribution in [0.1, 0.15) is 60.8 Å². The molecule has 0 radical (unpaired) electrons. The third-order valence-electron chi connectivity index (χ3n) is 3.59. The van der Waals surface area contributed by atoms with Crippen LogP contribution in [0.15, 0.2) is 0 Å². The van der Waals surface area contributed by atoms with Gasteiger partial charge in [-0.25, -0.2) is 4.79 Å². The van der Waals surface area contributed by atoms with Crippen LogP contribution in [0.4, 0.5) is 4.79 Å². The van der Waals surface area contributed by atoms with Gasteiger partial charge in [-0.1, -0.05) is 20.8 Å². The second kappa shape index (κ2) is 5.70. The minimum atomic E-state index is -0.453. The van der Waals surface area contributed by atoms with Crippen LogP contribution in [-0.2, 0) is 4.74 Å². The number of nitrogens with two attached hydrogens (primary N) is 1. The standard InChI is InChI=1S/C15H30N2O2/c1-14(2,3)12(16)11-9-7-8-10-17(11)13(18)19-15(4,5)6/h11-12H,7-10,16H2,1-6H3/t11-,12-/m0/s1. The molecule has 4 heteroatoms. The maximum Gasteiger partial charge on any atom is 0.410 e. The lowest BCUT2D eigenvalue weighted by atomic mass is 9.79. The second-order valence-electron chi connectivity index (χ2n) is 7.63. The van der Waals surface area contributed by atoms with Gasteiger partial charge in [0.05, 0.1) is 6.04 Å². The Morgan fingerprint density at radius 3 is 2.26 bits per heavy atom. The molecule has 0 unspecified atom stereocenters. The van der Waals surface area contributed by atoms with Gasteiger partial charge >= 0.3 is 6.09 Å². The number of likely N-dealkylation sites (tertiary alicyclic amines) is 1. The van der Waals surface area contributed by atoms with Crippen LogP contribution in [-0.4, -0.2) is 35.2 Å². The van der Waals surface area contributed by atoms with Crippen LogP contribution < -0.4 is 5.73 Å². The second-order valence-corrected chi connectivity index (χ2v) is 7.63. The van der Waals surface area contributed by atoms with Crippen LogP contribution in [0.25, 0.3) is 0 Å². The van der Waals surface area contributed by atoms with Crippen molar-refractivity contribution in [3.63, 3.8) is 0 Å². The summed E-state index contributed by atoms with van der Waals surface area (Å²) in [5.41, 5.74) is 5.90. The molecule has 1 aliphatic rings. The largest absolute Gasteiger partial charge is 0.444 e. The van der Waals surface area contributed by atoms with E-state index in [-0.39, 0.29) is 23.6 Å². The van der Waals surface area contributed by atoms with Crippen LogP contribution in [0, 0.1) is 5.41 Å². The van der Waals surface area contributed by atoms with Gasteiger partial charge < -0.3 is 15.4 Å². The molecule has 112 valence electrons. The molecular formula is C15H30N2O2. The van der Waals surface area contributed by atoms with Crippen LogP contribution in [0.3, 0.4) is 0 Å². The summed E-state index contributed by atoms with van der Waals surface area (Å²) in [6, 6.07) is 0.0592. The molecule has 0 aromatic carbocycles. The third-order valence-corrected chi connectivity index (χ3v) is 3.59. The number of ether oxygens (including phenoxy) is 1. The molecule has 1 saturated heterocycles. The molecule has 0 aromatic heterocycles. The Labute approximate surface area is 117 Å². The minimum Gasteiger partial charge on any atom is -0.444 e. The highest BCUT2D eigenvalue weighted by atomic mass is 16.6. The molecule has 1 aliphatic heterocycles. The number of carbonyl (C=O) groups excluding carboxylic acids is 1. The van der Waals surface area contributed by atoms with Crippen molar-refractivity contribution >= 4 is 6.09 Å². The van der Waals surface area contributed by atoms with Gasteiger partial charge in [-0.2, -0.15) is 0 Å². The zero-order valence-electron chi connectivity index (χ0n) is 13.3. The number of amides is 1. The molecule has 1 fully saturated rings. The predicted octanol–water partition coefficient (Wildman–Crippen LogP) is 3.15. The van der Waals surface area contributed by atoms with E-state index in [9.17, 15) is 4.79 Å². The summed E-state index contributed by atoms with van der Waals surface area (Å²) in [6.45, 7) is 12.8. The molecule has 0 bridgehead atoms. The van der Waals surface area contributed by atoms with Crippen molar-refractivity contribution < 1.29 is 9.53 Å². The van der Waals surface area contributed by atoms with E-state index in [1.54, 1.807) is 0 Å². The average molecular weight is 270 g/mol. The Balaban J connectivity index is 2.81. The Hall–Kier alpha value is -0.770. The summed E-state index contributed by atoms with van der Waals surface area (Å²) in [6.07, 6.45) is 2.91. The Morgan fingerprint density at radius 1 is 1.21 bits per heavy atom. The lowest BCUT2D eigenvalue weighted by molar-refractivity contribution is 0.000814. The fourth-order valence-electron chi connectivity index (χ4n) is 2.46. The molecule has 1 amide bonds. The van der Waals surface area contributed by atoms with Crippen molar-refractivity contribution in [1.82, 2.24) is 4.90 Å². The molecule has 0 saturated carbocycles. The fourth-order valence-corrected chi connectivity index (χ4v) is 2.46. The number of nitrogens with zero attached hydrogens (tertiary/aromatic N) is 1. The normalized spacial score (nSPS) is 23.1. The van der Waals surface area contributed by atoms with Crippen molar-refractivity contribution in [1.29, 1.82) is 0 Å². The van der Waals surface area contributed by atoms with Crippen LogP contribution >= 0.6 is 0 Å². The van der Waals surface area contributed by atoms with E-state index in [1.165, 1.54) is 0 Å². The van der Waals surface area contributed by atoms with Gasteiger partial charge in [-0.15, -0.1) is 0 Å². The lowest BCUT2D eigenvalue weighted by Crippen LogP contribution is -2.57. The highest BCUT2D eigenvalue weighted by molar-refractivity contribution is 5.68. The van der Waals surface area contributed by atoms with Gasteiger partial charge in [0.15, 0.2) is 0 Å². The van der Waals surface area contributed by atoms with E-state index in [1.807, 2.05) is 25.7 Å². The van der Waals surface area contributed by atoms with Crippen molar-refractivity contribution in [3.8, 4) is 0 Å². The van der Waals surface area contributed by atoms with E-state index in [2.05, 4.69) is 20.8 Å². The molecule has 1 heterocycles. The molecule has 1 rings (SSSR count). The van der Waals surface area contributed by atoms with E-state index in [4.69, 9.17) is 10.5 Å². The number of hydrogen-bond donors (Lipinski definition) is 1. The van der Waals surface area contributed by atoms with Crippen LogP contribution in [0.2, 0.25) is 0 Å². The maximum absolute atomic E-state index is 12.3. The topological polar surface area (TPSA) is 55.6 Å². The molecule has 2 atom stereocenters. The molecule has 19 heavy (non-hydrogen) atoms. The summed E-state index contributed by atoms with van der Waals surface area (Å²) in [4.78, 5) is 14.1. The zero-order valence-corrected chi connectivity index (χ0v) is 13.3. The quantitative estimate of drug-likeness (QED) is 0.796. The SMILES string of the molecule is CC(C)(C)OC(=O)N1CCCC[C@H]1[C@H](N)C(C)(C)C. The van der Waals surface area contributed by atoms with E-state index in [0.29, 0.717) is 0 Å². The molecule has 2 N–H and O–H groups in total. The van der Waals surface area contributed by atoms with Gasteiger partial charge in [0.2, 0.25) is 0 Å². The molecule has 0 spiro atoms. The summed E-state index contributed by atoms with van der Waals surface area (Å²) < 4.78 is 5.50. The zero-order chi connectivity index (χ0) is 14.8. The van der Waals surface area contributed by atoms with Gasteiger partial charge in [-0.05, 0) is 45.4 Å². The van der Waals surface area contributed by atoms with Crippen molar-refractivity contribution in [2.75, 3.05) is 6.54 Å². The van der Waals surface area contributed by atoms with Crippen LogP contribution in [0.5, 0.6) is 0 Å². The smallest absolute Gasteiger partial charge is 0.410 e. The number of carbonyl (C=O) groups is 1. The first-order valence-electron chi connectivity index (χ1n) is 7.27. The van der Waals surface area contributed by atoms with E-state index < -0.39 is 5.60 Å². The van der Waals surface area contributed by atoms with Gasteiger partial charge in [-0.3, -0.25) is 0 Å². The minimum absolute atomic E-state index is 0.0116. The Morgan fingerprint density at radius 2 is 1.79 bits per heavy atom. The summed E-state index contributed by atoms with van der Waals surface area (Å²) in [7, 11) is 0. The van der Waals surface area contributed by atoms with Crippen molar-refractivity contribution in [2.24, 2.45) is 11.1 Å². The fraction of sp³-hybridized carbons (Fsp3) is 0.933. The molecule has 0 aliphatic carbocycles. The number of hydrogen-bond acceptors (Lipinski definition) is 3. The Kier molecular flexibility index (Phi) is 4.88. The van der Waals surface area contributed by atoms with E-state index >= 15 is 0 Å². The first kappa shape index (κ1) is 16.3. The first-order valence-corrected chi connectivity index (χ1v) is 7.27. The summed E-state index contributed by atoms with van der Waals surface area (Å²) in [5, 5.41) is 0. The van der Waals surface area contributed by atoms with Crippen molar-refractivity contribution in [2.45, 2.75) is 78.5 Å². The monoisotopic (exact) mass is 270 g/mol. The third kappa shape index (κ3) is 4.68. The Bertz CT molecular complexity index is 315. The first-order chi connectivity index (χ1) is 8.52. The maximum atomic E-state index is 12.3. The van der Waals surface area contributed by atoms with Gasteiger partial charge in [0, 0.05) is 12.6 Å². The van der Waals surface area contributed by atoms with Gasteiger partial charge in [0.25, 0.3) is 0 Å². The summed E-state index contributed by atoms with van der Waals surface area (Å²) in [5.74, 6) is 0.